The van der Waals surface area contributed by atoms with E-state index in [-0.39, 0.29) is 48.2 Å². The van der Waals surface area contributed by atoms with Gasteiger partial charge in [0.1, 0.15) is 18.2 Å². The molecule has 42 heavy (non-hydrogen) atoms. The zero-order chi connectivity index (χ0) is 29.1. The molecule has 4 aromatic rings. The first-order valence-electron chi connectivity index (χ1n) is 13.9. The zero-order valence-electron chi connectivity index (χ0n) is 23.4. The molecule has 0 spiro atoms. The Labute approximate surface area is 240 Å². The highest BCUT2D eigenvalue weighted by molar-refractivity contribution is 6.11. The first kappa shape index (κ1) is 25.9. The van der Waals surface area contributed by atoms with Crippen molar-refractivity contribution < 1.29 is 14.4 Å². The van der Waals surface area contributed by atoms with Crippen molar-refractivity contribution >= 4 is 40.9 Å². The van der Waals surface area contributed by atoms with Gasteiger partial charge in [0, 0.05) is 30.8 Å². The van der Waals surface area contributed by atoms with Crippen LogP contribution in [0.3, 0.4) is 0 Å². The number of urea groups is 1. The second kappa shape index (κ2) is 9.82. The van der Waals surface area contributed by atoms with Gasteiger partial charge >= 0.3 is 6.03 Å². The summed E-state index contributed by atoms with van der Waals surface area (Å²) >= 11 is 0. The highest BCUT2D eigenvalue weighted by Crippen LogP contribution is 2.46. The van der Waals surface area contributed by atoms with Crippen molar-refractivity contribution in [3.63, 3.8) is 0 Å². The number of carbonyl (C=O) groups excluding carboxylic acids is 3. The van der Waals surface area contributed by atoms with Gasteiger partial charge in [-0.3, -0.25) is 24.7 Å². The molecule has 2 N–H and O–H groups in total. The van der Waals surface area contributed by atoms with Crippen LogP contribution in [0.4, 0.5) is 22.4 Å². The highest BCUT2D eigenvalue weighted by Gasteiger charge is 2.46. The minimum Gasteiger partial charge on any atom is -0.360 e. The summed E-state index contributed by atoms with van der Waals surface area (Å²) in [5.74, 6) is 1.49. The van der Waals surface area contributed by atoms with Gasteiger partial charge < -0.3 is 5.32 Å². The normalized spacial score (nSPS) is 20.7. The number of aromatic nitrogens is 7. The van der Waals surface area contributed by atoms with Crippen LogP contribution in [0.5, 0.6) is 0 Å². The standard InChI is InChI=1S/C28H29N11O3/c1-14-6-7-29-25(31-14)19-11-20(19)26(41)34-27-33-22(12-30-35-27)32-15(2)21-10-18-8-17(16-4-5-16)9-23(39(18)36-21)38-13-24(40)37(3)28(38)42/h6-10,12,15-16,19-20H,4-5,11,13H2,1-3H3,(H2,32,33,34,35,41)/t15-,19-,20-/m0/s1. The van der Waals surface area contributed by atoms with Crippen molar-refractivity contribution in [1.29, 1.82) is 0 Å². The van der Waals surface area contributed by atoms with Gasteiger partial charge in [-0.2, -0.15) is 15.2 Å². The van der Waals surface area contributed by atoms with Crippen molar-refractivity contribution in [1.82, 2.24) is 39.7 Å². The summed E-state index contributed by atoms with van der Waals surface area (Å²) in [6.07, 6.45) is 6.05. The van der Waals surface area contributed by atoms with Gasteiger partial charge in [-0.25, -0.2) is 19.3 Å². The number of amides is 4. The SMILES string of the molecule is Cc1ccnc([C@H]2C[C@@H]2C(=O)Nc2nncc(N[C@@H](C)c3cc4cc(C5CC5)cc(N5CC(=O)N(C)C5=O)n4n3)n2)n1. The summed E-state index contributed by atoms with van der Waals surface area (Å²) in [5.41, 5.74) is 3.53. The Kier molecular flexibility index (Phi) is 6.06. The van der Waals surface area contributed by atoms with Crippen molar-refractivity contribution in [3.05, 3.63) is 59.4 Å². The Balaban J connectivity index is 1.08. The maximum absolute atomic E-state index is 12.8. The number of hydrogen-bond donors (Lipinski definition) is 2. The van der Waals surface area contributed by atoms with E-state index in [0.29, 0.717) is 35.5 Å². The number of nitrogens with zero attached hydrogens (tertiary/aromatic N) is 9. The van der Waals surface area contributed by atoms with E-state index in [9.17, 15) is 14.4 Å². The molecule has 3 fully saturated rings. The smallest absolute Gasteiger partial charge is 0.332 e. The van der Waals surface area contributed by atoms with E-state index >= 15 is 0 Å². The van der Waals surface area contributed by atoms with Crippen molar-refractivity contribution in [3.8, 4) is 0 Å². The molecular weight excluding hydrogens is 538 g/mol. The summed E-state index contributed by atoms with van der Waals surface area (Å²) in [4.78, 5) is 53.6. The summed E-state index contributed by atoms with van der Waals surface area (Å²) < 4.78 is 1.71. The van der Waals surface area contributed by atoms with E-state index < -0.39 is 0 Å². The second-order valence-corrected chi connectivity index (χ2v) is 11.2. The predicted molar refractivity (Wildman–Crippen MR) is 151 cm³/mol. The predicted octanol–water partition coefficient (Wildman–Crippen LogP) is 2.81. The number of pyridine rings is 1. The maximum atomic E-state index is 12.8. The molecule has 4 aromatic heterocycles. The lowest BCUT2D eigenvalue weighted by Crippen LogP contribution is -2.31. The van der Waals surface area contributed by atoms with Crippen LogP contribution in [0.2, 0.25) is 0 Å². The summed E-state index contributed by atoms with van der Waals surface area (Å²) in [6.45, 7) is 3.80. The van der Waals surface area contributed by atoms with E-state index in [1.165, 1.54) is 18.1 Å². The van der Waals surface area contributed by atoms with Crippen LogP contribution in [-0.4, -0.2) is 71.1 Å². The Morgan fingerprint density at radius 1 is 1.14 bits per heavy atom. The van der Waals surface area contributed by atoms with Crippen molar-refractivity contribution in [2.24, 2.45) is 5.92 Å². The van der Waals surface area contributed by atoms with Crippen LogP contribution >= 0.6 is 0 Å². The molecule has 5 heterocycles. The quantitative estimate of drug-likeness (QED) is 0.303. The van der Waals surface area contributed by atoms with Crippen LogP contribution < -0.4 is 15.5 Å². The van der Waals surface area contributed by atoms with Gasteiger partial charge in [0.2, 0.25) is 5.91 Å². The molecule has 3 aliphatic rings. The molecule has 0 aromatic carbocycles. The Hall–Kier alpha value is -5.01. The van der Waals surface area contributed by atoms with Gasteiger partial charge in [0.25, 0.3) is 11.9 Å². The fourth-order valence-electron chi connectivity index (χ4n) is 5.30. The van der Waals surface area contributed by atoms with Crippen LogP contribution in [0.1, 0.15) is 66.8 Å². The molecule has 14 heteroatoms. The molecule has 0 bridgehead atoms. The van der Waals surface area contributed by atoms with Crippen LogP contribution in [0.15, 0.2) is 36.7 Å². The number of nitrogens with one attached hydrogen (secondary N) is 2. The third kappa shape index (κ3) is 4.78. The fraction of sp³-hybridized carbons (Fsp3) is 0.393. The van der Waals surface area contributed by atoms with Crippen LogP contribution in [-0.2, 0) is 9.59 Å². The average Bonchev–Trinajstić information content (AvgIpc) is 3.90. The second-order valence-electron chi connectivity index (χ2n) is 11.2. The highest BCUT2D eigenvalue weighted by atomic mass is 16.2. The number of likely N-dealkylation sites (N-methyl/N-ethyl adjacent to an activating group) is 1. The topological polar surface area (TPSA) is 164 Å². The lowest BCUT2D eigenvalue weighted by molar-refractivity contribution is -0.124. The number of aryl methyl sites for hydroxylation is 1. The number of hydrogen-bond acceptors (Lipinski definition) is 10. The lowest BCUT2D eigenvalue weighted by atomic mass is 10.1. The molecule has 0 radical (unpaired) electrons. The molecule has 2 saturated carbocycles. The molecular formula is C28H29N11O3. The Bertz CT molecular complexity index is 1750. The monoisotopic (exact) mass is 567 g/mol. The van der Waals surface area contributed by atoms with E-state index in [1.807, 2.05) is 32.0 Å². The molecule has 214 valence electrons. The Morgan fingerprint density at radius 2 is 1.98 bits per heavy atom. The molecule has 1 aliphatic heterocycles. The molecule has 1 saturated heterocycles. The van der Waals surface area contributed by atoms with Gasteiger partial charge in [-0.1, -0.05) is 0 Å². The average molecular weight is 568 g/mol. The van der Waals surface area contributed by atoms with Gasteiger partial charge in [-0.15, -0.1) is 5.10 Å². The lowest BCUT2D eigenvalue weighted by Gasteiger charge is -2.17. The Morgan fingerprint density at radius 3 is 2.71 bits per heavy atom. The number of carbonyl (C=O) groups is 3. The molecule has 14 nitrogen and oxygen atoms in total. The maximum Gasteiger partial charge on any atom is 0.332 e. The van der Waals surface area contributed by atoms with Crippen LogP contribution in [0.25, 0.3) is 5.52 Å². The van der Waals surface area contributed by atoms with E-state index in [1.54, 1.807) is 10.7 Å². The zero-order valence-corrected chi connectivity index (χ0v) is 23.4. The van der Waals surface area contributed by atoms with Gasteiger partial charge in [0.05, 0.1) is 23.4 Å². The largest absolute Gasteiger partial charge is 0.360 e. The molecule has 7 rings (SSSR count). The number of imide groups is 1. The molecule has 3 atom stereocenters. The van der Waals surface area contributed by atoms with E-state index in [0.717, 1.165) is 34.5 Å². The van der Waals surface area contributed by atoms with Crippen molar-refractivity contribution in [2.45, 2.75) is 51.0 Å². The van der Waals surface area contributed by atoms with Crippen molar-refractivity contribution in [2.75, 3.05) is 29.1 Å². The van der Waals surface area contributed by atoms with Gasteiger partial charge in [-0.05, 0) is 68.9 Å². The summed E-state index contributed by atoms with van der Waals surface area (Å²) in [5, 5.41) is 18.8. The molecule has 2 aliphatic carbocycles. The molecule has 4 amide bonds. The van der Waals surface area contributed by atoms with E-state index in [4.69, 9.17) is 5.10 Å². The number of fused-ring (bicyclic) bond motifs is 1. The van der Waals surface area contributed by atoms with Gasteiger partial charge in [0.15, 0.2) is 5.82 Å². The fourth-order valence-corrected chi connectivity index (χ4v) is 5.30. The number of rotatable bonds is 8. The number of anilines is 3. The van der Waals surface area contributed by atoms with E-state index in [2.05, 4.69) is 41.8 Å². The molecule has 0 unspecified atom stereocenters. The third-order valence-electron chi connectivity index (χ3n) is 7.97. The first-order valence-corrected chi connectivity index (χ1v) is 13.9. The first-order chi connectivity index (χ1) is 20.2. The summed E-state index contributed by atoms with van der Waals surface area (Å²) in [7, 11) is 1.49. The summed E-state index contributed by atoms with van der Waals surface area (Å²) in [6, 6.07) is 7.16. The minimum absolute atomic E-state index is 0.0195. The minimum atomic E-state index is -0.372. The third-order valence-corrected chi connectivity index (χ3v) is 7.97. The van der Waals surface area contributed by atoms with Crippen LogP contribution in [0, 0.1) is 12.8 Å².